The molecule has 0 radical (unpaired) electrons. The van der Waals surface area contributed by atoms with Gasteiger partial charge in [-0.1, -0.05) is 48.5 Å². The molecule has 0 fully saturated rings. The molecule has 0 amide bonds. The molecule has 0 spiro atoms. The monoisotopic (exact) mass is 341 g/mol. The van der Waals surface area contributed by atoms with Crippen LogP contribution in [0.1, 0.15) is 18.1 Å². The lowest BCUT2D eigenvalue weighted by molar-refractivity contribution is 0.558. The van der Waals surface area contributed by atoms with Gasteiger partial charge in [0.25, 0.3) is 0 Å². The molecule has 0 bridgehead atoms. The maximum absolute atomic E-state index is 12.2. The summed E-state index contributed by atoms with van der Waals surface area (Å²) in [7, 11) is 0. The minimum absolute atomic E-state index is 0.289. The minimum Gasteiger partial charge on any atom is -0.423 e. The minimum atomic E-state index is -0.289. The highest BCUT2D eigenvalue weighted by atomic mass is 16.4. The Morgan fingerprint density at radius 3 is 2.77 bits per heavy atom. The molecule has 3 heteroatoms. The van der Waals surface area contributed by atoms with Gasteiger partial charge in [-0.3, -0.25) is 0 Å². The second-order valence-electron chi connectivity index (χ2n) is 7.06. The molecule has 26 heavy (non-hydrogen) atoms. The number of rotatable bonds is 2. The van der Waals surface area contributed by atoms with Gasteiger partial charge in [0.2, 0.25) is 0 Å². The lowest BCUT2D eigenvalue weighted by Crippen LogP contribution is -2.29. The number of anilines is 1. The van der Waals surface area contributed by atoms with Crippen molar-refractivity contribution >= 4 is 27.4 Å². The first-order valence-corrected chi connectivity index (χ1v) is 9.00. The van der Waals surface area contributed by atoms with Crippen LogP contribution in [-0.4, -0.2) is 6.04 Å². The van der Waals surface area contributed by atoms with E-state index in [0.29, 0.717) is 18.2 Å². The van der Waals surface area contributed by atoms with Crippen LogP contribution < -0.4 is 10.5 Å². The summed E-state index contributed by atoms with van der Waals surface area (Å²) < 4.78 is 5.50. The summed E-state index contributed by atoms with van der Waals surface area (Å²) in [5.41, 5.74) is 4.03. The largest absolute Gasteiger partial charge is 0.423 e. The molecule has 0 saturated carbocycles. The Morgan fingerprint density at radius 1 is 1.04 bits per heavy atom. The van der Waals surface area contributed by atoms with Gasteiger partial charge in [0, 0.05) is 29.7 Å². The number of para-hydroxylation sites is 1. The fourth-order valence-corrected chi connectivity index (χ4v) is 4.20. The summed E-state index contributed by atoms with van der Waals surface area (Å²) in [4.78, 5) is 14.6. The van der Waals surface area contributed by atoms with Crippen molar-refractivity contribution in [2.24, 2.45) is 0 Å². The first-order valence-electron chi connectivity index (χ1n) is 9.00. The van der Waals surface area contributed by atoms with Crippen molar-refractivity contribution < 1.29 is 4.42 Å². The second-order valence-corrected chi connectivity index (χ2v) is 7.06. The standard InChI is InChI=1S/C23H19NO2/c1-15-12-17-7-3-5-9-20(17)24(15)14-18-13-22(25)26-21-11-10-16-6-2-4-8-19(16)23(18)21/h2-11,13,15H,12,14H2,1H3/t15-/m1/s1. The molecule has 1 aliphatic heterocycles. The van der Waals surface area contributed by atoms with E-state index >= 15 is 0 Å². The number of fused-ring (bicyclic) bond motifs is 4. The van der Waals surface area contributed by atoms with E-state index < -0.39 is 0 Å². The highest BCUT2D eigenvalue weighted by molar-refractivity contribution is 6.07. The fraction of sp³-hybridized carbons (Fsp3) is 0.174. The first-order chi connectivity index (χ1) is 12.7. The van der Waals surface area contributed by atoms with Crippen LogP contribution in [0.3, 0.4) is 0 Å². The van der Waals surface area contributed by atoms with Crippen LogP contribution in [0.4, 0.5) is 5.69 Å². The van der Waals surface area contributed by atoms with Crippen LogP contribution in [-0.2, 0) is 13.0 Å². The summed E-state index contributed by atoms with van der Waals surface area (Å²) in [5.74, 6) is 0. The lowest BCUT2D eigenvalue weighted by atomic mass is 10.0. The SMILES string of the molecule is C[C@@H]1Cc2ccccc2N1Cc1cc(=O)oc2ccc3ccccc3c12. The summed E-state index contributed by atoms with van der Waals surface area (Å²) >= 11 is 0. The Labute approximate surface area is 151 Å². The molecule has 2 heterocycles. The first kappa shape index (κ1) is 15.2. The maximum atomic E-state index is 12.2. The van der Waals surface area contributed by atoms with Crippen molar-refractivity contribution in [3.05, 3.63) is 88.3 Å². The zero-order valence-electron chi connectivity index (χ0n) is 14.6. The van der Waals surface area contributed by atoms with Crippen LogP contribution in [0.2, 0.25) is 0 Å². The molecule has 1 atom stereocenters. The average molecular weight is 341 g/mol. The van der Waals surface area contributed by atoms with E-state index in [-0.39, 0.29) is 5.63 Å². The van der Waals surface area contributed by atoms with Gasteiger partial charge in [0.05, 0.1) is 0 Å². The van der Waals surface area contributed by atoms with E-state index in [2.05, 4.69) is 48.2 Å². The molecule has 4 aromatic rings. The van der Waals surface area contributed by atoms with Gasteiger partial charge in [0.15, 0.2) is 0 Å². The van der Waals surface area contributed by atoms with Gasteiger partial charge in [-0.2, -0.15) is 0 Å². The van der Waals surface area contributed by atoms with Crippen molar-refractivity contribution in [1.82, 2.24) is 0 Å². The molecule has 1 aromatic heterocycles. The third kappa shape index (κ3) is 2.31. The lowest BCUT2D eigenvalue weighted by Gasteiger charge is -2.25. The molecule has 0 aliphatic carbocycles. The van der Waals surface area contributed by atoms with Crippen molar-refractivity contribution in [1.29, 1.82) is 0 Å². The van der Waals surface area contributed by atoms with Gasteiger partial charge in [0.1, 0.15) is 5.58 Å². The Kier molecular flexibility index (Phi) is 3.35. The molecular formula is C23H19NO2. The zero-order chi connectivity index (χ0) is 17.7. The number of hydrogen-bond acceptors (Lipinski definition) is 3. The van der Waals surface area contributed by atoms with Crippen LogP contribution in [0.15, 0.2) is 75.9 Å². The van der Waals surface area contributed by atoms with Crippen molar-refractivity contribution in [3.8, 4) is 0 Å². The molecule has 3 nitrogen and oxygen atoms in total. The Hall–Kier alpha value is -3.07. The van der Waals surface area contributed by atoms with Gasteiger partial charge < -0.3 is 9.32 Å². The topological polar surface area (TPSA) is 33.5 Å². The van der Waals surface area contributed by atoms with Gasteiger partial charge in [-0.05, 0) is 47.4 Å². The van der Waals surface area contributed by atoms with Gasteiger partial charge in [-0.25, -0.2) is 4.79 Å². The van der Waals surface area contributed by atoms with Crippen molar-refractivity contribution in [2.75, 3.05) is 4.90 Å². The highest BCUT2D eigenvalue weighted by Gasteiger charge is 2.26. The van der Waals surface area contributed by atoms with E-state index in [4.69, 9.17) is 4.42 Å². The Bertz CT molecular complexity index is 1190. The molecule has 0 N–H and O–H groups in total. The Balaban J connectivity index is 1.72. The van der Waals surface area contributed by atoms with E-state index in [0.717, 1.165) is 28.1 Å². The molecule has 1 aliphatic rings. The summed E-state index contributed by atoms with van der Waals surface area (Å²) in [5, 5.41) is 3.33. The smallest absolute Gasteiger partial charge is 0.336 e. The third-order valence-electron chi connectivity index (χ3n) is 5.40. The van der Waals surface area contributed by atoms with Gasteiger partial charge in [-0.15, -0.1) is 0 Å². The second kappa shape index (κ2) is 5.73. The van der Waals surface area contributed by atoms with E-state index in [1.54, 1.807) is 6.07 Å². The van der Waals surface area contributed by atoms with Crippen molar-refractivity contribution in [3.63, 3.8) is 0 Å². The molecule has 0 unspecified atom stereocenters. The van der Waals surface area contributed by atoms with E-state index in [9.17, 15) is 4.79 Å². The van der Waals surface area contributed by atoms with Gasteiger partial charge >= 0.3 is 5.63 Å². The number of benzene rings is 3. The molecular weight excluding hydrogens is 322 g/mol. The average Bonchev–Trinajstić information content (AvgIpc) is 2.96. The van der Waals surface area contributed by atoms with Crippen LogP contribution in [0.25, 0.3) is 21.7 Å². The fourth-order valence-electron chi connectivity index (χ4n) is 4.20. The van der Waals surface area contributed by atoms with E-state index in [1.807, 2.05) is 24.3 Å². The molecule has 3 aromatic carbocycles. The zero-order valence-corrected chi connectivity index (χ0v) is 14.6. The molecule has 5 rings (SSSR count). The van der Waals surface area contributed by atoms with E-state index in [1.165, 1.54) is 11.3 Å². The van der Waals surface area contributed by atoms with Crippen LogP contribution in [0, 0.1) is 0 Å². The normalized spacial score (nSPS) is 16.3. The molecule has 0 saturated heterocycles. The number of nitrogens with zero attached hydrogens (tertiary/aromatic N) is 1. The molecule has 128 valence electrons. The van der Waals surface area contributed by atoms with Crippen LogP contribution >= 0.6 is 0 Å². The van der Waals surface area contributed by atoms with Crippen molar-refractivity contribution in [2.45, 2.75) is 25.9 Å². The predicted molar refractivity (Wildman–Crippen MR) is 106 cm³/mol. The summed E-state index contributed by atoms with van der Waals surface area (Å²) in [6.45, 7) is 2.94. The maximum Gasteiger partial charge on any atom is 0.336 e. The summed E-state index contributed by atoms with van der Waals surface area (Å²) in [6.07, 6.45) is 1.04. The quantitative estimate of drug-likeness (QED) is 0.384. The third-order valence-corrected chi connectivity index (χ3v) is 5.40. The summed E-state index contributed by atoms with van der Waals surface area (Å²) in [6, 6.07) is 22.8. The number of hydrogen-bond donors (Lipinski definition) is 0. The Morgan fingerprint density at radius 2 is 1.85 bits per heavy atom. The highest BCUT2D eigenvalue weighted by Crippen LogP contribution is 2.35. The van der Waals surface area contributed by atoms with Crippen LogP contribution in [0.5, 0.6) is 0 Å². The predicted octanol–water partition coefficient (Wildman–Crippen LogP) is 4.90.